The Morgan fingerprint density at radius 2 is 1.88 bits per heavy atom. The number of nitrogens with one attached hydrogen (secondary N) is 3. The fraction of sp³-hybridized carbons (Fsp3) is 0.167. The van der Waals surface area contributed by atoms with Crippen molar-refractivity contribution >= 4 is 23.2 Å². The summed E-state index contributed by atoms with van der Waals surface area (Å²) in [5, 5.41) is 17.4. The van der Waals surface area contributed by atoms with Crippen LogP contribution in [0.3, 0.4) is 0 Å². The Bertz CT molecular complexity index is 796. The smallest absolute Gasteiger partial charge is 0.251 e. The molecule has 2 aromatic rings. The van der Waals surface area contributed by atoms with E-state index in [0.717, 1.165) is 0 Å². The minimum atomic E-state index is -0.545. The molecular weight excluding hydrogens is 304 g/mol. The maximum absolute atomic E-state index is 12.3. The first-order valence-corrected chi connectivity index (χ1v) is 7.44. The van der Waals surface area contributed by atoms with Crippen molar-refractivity contribution < 1.29 is 9.59 Å². The van der Waals surface area contributed by atoms with Crippen LogP contribution < -0.4 is 16.0 Å². The number of rotatable bonds is 5. The van der Waals surface area contributed by atoms with Gasteiger partial charge in [-0.3, -0.25) is 9.59 Å². The van der Waals surface area contributed by atoms with E-state index < -0.39 is 6.04 Å². The molecule has 6 heteroatoms. The molecular formula is C18H18N4O2. The molecule has 0 saturated heterocycles. The highest BCUT2D eigenvalue weighted by molar-refractivity contribution is 5.98. The van der Waals surface area contributed by atoms with Crippen LogP contribution in [-0.2, 0) is 4.79 Å². The normalized spacial score (nSPS) is 11.0. The van der Waals surface area contributed by atoms with Gasteiger partial charge in [0.2, 0.25) is 5.91 Å². The number of carbonyl (C=O) groups is 2. The molecule has 2 aromatic carbocycles. The van der Waals surface area contributed by atoms with Gasteiger partial charge in [0.15, 0.2) is 0 Å². The highest BCUT2D eigenvalue weighted by atomic mass is 16.2. The first-order chi connectivity index (χ1) is 11.5. The van der Waals surface area contributed by atoms with E-state index in [1.54, 1.807) is 62.5 Å². The number of nitriles is 1. The van der Waals surface area contributed by atoms with Gasteiger partial charge in [-0.05, 0) is 37.3 Å². The van der Waals surface area contributed by atoms with Crippen molar-refractivity contribution in [3.05, 3.63) is 59.7 Å². The second-order valence-electron chi connectivity index (χ2n) is 5.17. The van der Waals surface area contributed by atoms with Crippen molar-refractivity contribution in [1.82, 2.24) is 5.32 Å². The Balaban J connectivity index is 2.07. The van der Waals surface area contributed by atoms with Crippen LogP contribution in [0, 0.1) is 11.3 Å². The molecule has 2 rings (SSSR count). The molecule has 6 nitrogen and oxygen atoms in total. The summed E-state index contributed by atoms with van der Waals surface area (Å²) in [7, 11) is 1.56. The molecule has 3 N–H and O–H groups in total. The van der Waals surface area contributed by atoms with Crippen molar-refractivity contribution in [3.63, 3.8) is 0 Å². The molecule has 0 aliphatic carbocycles. The molecule has 1 atom stereocenters. The second-order valence-corrected chi connectivity index (χ2v) is 5.17. The summed E-state index contributed by atoms with van der Waals surface area (Å²) in [6, 6.07) is 15.2. The molecule has 0 aromatic heterocycles. The fourth-order valence-corrected chi connectivity index (χ4v) is 2.14. The summed E-state index contributed by atoms with van der Waals surface area (Å²) in [5.41, 5.74) is 2.04. The van der Waals surface area contributed by atoms with Crippen LogP contribution in [0.25, 0.3) is 0 Å². The van der Waals surface area contributed by atoms with E-state index in [1.807, 2.05) is 6.07 Å². The molecule has 0 spiro atoms. The molecule has 0 saturated carbocycles. The van der Waals surface area contributed by atoms with Gasteiger partial charge in [0, 0.05) is 18.3 Å². The van der Waals surface area contributed by atoms with Crippen LogP contribution >= 0.6 is 0 Å². The van der Waals surface area contributed by atoms with E-state index in [9.17, 15) is 9.59 Å². The van der Waals surface area contributed by atoms with Crippen molar-refractivity contribution in [2.45, 2.75) is 13.0 Å². The Kier molecular flexibility index (Phi) is 5.53. The van der Waals surface area contributed by atoms with Crippen LogP contribution in [0.15, 0.2) is 48.5 Å². The van der Waals surface area contributed by atoms with Gasteiger partial charge in [-0.15, -0.1) is 0 Å². The third-order valence-electron chi connectivity index (χ3n) is 3.43. The third-order valence-corrected chi connectivity index (χ3v) is 3.43. The number of amides is 2. The lowest BCUT2D eigenvalue weighted by atomic mass is 10.1. The molecule has 2 amide bonds. The minimum absolute atomic E-state index is 0.196. The van der Waals surface area contributed by atoms with Gasteiger partial charge in [0.25, 0.3) is 5.91 Å². The topological polar surface area (TPSA) is 94.0 Å². The SMILES string of the molecule is CNC(=O)c1cccc(N[C@@H](C)C(=O)Nc2ccccc2C#N)c1. The van der Waals surface area contributed by atoms with Crippen LogP contribution in [-0.4, -0.2) is 24.9 Å². The Morgan fingerprint density at radius 3 is 2.58 bits per heavy atom. The maximum Gasteiger partial charge on any atom is 0.251 e. The molecule has 0 heterocycles. The molecule has 0 bridgehead atoms. The van der Waals surface area contributed by atoms with Crippen LogP contribution in [0.4, 0.5) is 11.4 Å². The highest BCUT2D eigenvalue weighted by Gasteiger charge is 2.15. The van der Waals surface area contributed by atoms with E-state index >= 15 is 0 Å². The third kappa shape index (κ3) is 4.11. The molecule has 0 aliphatic rings. The predicted molar refractivity (Wildman–Crippen MR) is 92.7 cm³/mol. The van der Waals surface area contributed by atoms with Crippen LogP contribution in [0.2, 0.25) is 0 Å². The molecule has 0 radical (unpaired) electrons. The van der Waals surface area contributed by atoms with Crippen molar-refractivity contribution in [1.29, 1.82) is 5.26 Å². The largest absolute Gasteiger partial charge is 0.374 e. The Hall–Kier alpha value is -3.33. The zero-order valence-corrected chi connectivity index (χ0v) is 13.5. The highest BCUT2D eigenvalue weighted by Crippen LogP contribution is 2.15. The number of hydrogen-bond donors (Lipinski definition) is 3. The van der Waals surface area contributed by atoms with E-state index in [2.05, 4.69) is 16.0 Å². The molecule has 0 unspecified atom stereocenters. The van der Waals surface area contributed by atoms with E-state index in [1.165, 1.54) is 0 Å². The maximum atomic E-state index is 12.3. The summed E-state index contributed by atoms with van der Waals surface area (Å²) in [4.78, 5) is 23.9. The van der Waals surface area contributed by atoms with E-state index in [-0.39, 0.29) is 11.8 Å². The van der Waals surface area contributed by atoms with Crippen molar-refractivity contribution in [3.8, 4) is 6.07 Å². The number of anilines is 2. The average Bonchev–Trinajstić information content (AvgIpc) is 2.61. The lowest BCUT2D eigenvalue weighted by Gasteiger charge is -2.16. The second kappa shape index (κ2) is 7.79. The quantitative estimate of drug-likeness (QED) is 0.787. The number of para-hydroxylation sites is 1. The van der Waals surface area contributed by atoms with E-state index in [0.29, 0.717) is 22.5 Å². The predicted octanol–water partition coefficient (Wildman–Crippen LogP) is 2.36. The lowest BCUT2D eigenvalue weighted by Crippen LogP contribution is -2.32. The van der Waals surface area contributed by atoms with Gasteiger partial charge >= 0.3 is 0 Å². The van der Waals surface area contributed by atoms with Crippen molar-refractivity contribution in [2.24, 2.45) is 0 Å². The number of carbonyl (C=O) groups excluding carboxylic acids is 2. The average molecular weight is 322 g/mol. The van der Waals surface area contributed by atoms with Gasteiger partial charge in [-0.25, -0.2) is 0 Å². The summed E-state index contributed by atoms with van der Waals surface area (Å²) in [6.45, 7) is 1.71. The fourth-order valence-electron chi connectivity index (χ4n) is 2.14. The van der Waals surface area contributed by atoms with Gasteiger partial charge in [-0.1, -0.05) is 18.2 Å². The zero-order chi connectivity index (χ0) is 17.5. The van der Waals surface area contributed by atoms with Crippen LogP contribution in [0.1, 0.15) is 22.8 Å². The zero-order valence-electron chi connectivity index (χ0n) is 13.5. The minimum Gasteiger partial charge on any atom is -0.374 e. The first-order valence-electron chi connectivity index (χ1n) is 7.44. The van der Waals surface area contributed by atoms with Gasteiger partial charge in [0.05, 0.1) is 11.3 Å². The molecule has 0 fully saturated rings. The van der Waals surface area contributed by atoms with Crippen LogP contribution in [0.5, 0.6) is 0 Å². The number of hydrogen-bond acceptors (Lipinski definition) is 4. The summed E-state index contributed by atoms with van der Waals surface area (Å²) < 4.78 is 0. The summed E-state index contributed by atoms with van der Waals surface area (Å²) >= 11 is 0. The first kappa shape index (κ1) is 17.0. The monoisotopic (exact) mass is 322 g/mol. The molecule has 24 heavy (non-hydrogen) atoms. The molecule has 0 aliphatic heterocycles. The Morgan fingerprint density at radius 1 is 1.12 bits per heavy atom. The summed E-state index contributed by atoms with van der Waals surface area (Å²) in [6.07, 6.45) is 0. The Labute approximate surface area is 140 Å². The standard InChI is InChI=1S/C18H18N4O2/c1-12(17(23)22-16-9-4-3-6-14(16)11-19)21-15-8-5-7-13(10-15)18(24)20-2/h3-10,12,21H,1-2H3,(H,20,24)(H,22,23)/t12-/m0/s1. The van der Waals surface area contributed by atoms with Gasteiger partial charge in [0.1, 0.15) is 12.1 Å². The number of nitrogens with zero attached hydrogens (tertiary/aromatic N) is 1. The van der Waals surface area contributed by atoms with E-state index in [4.69, 9.17) is 5.26 Å². The van der Waals surface area contributed by atoms with Gasteiger partial charge < -0.3 is 16.0 Å². The lowest BCUT2D eigenvalue weighted by molar-refractivity contribution is -0.116. The summed E-state index contributed by atoms with van der Waals surface area (Å²) in [5.74, 6) is -0.471. The van der Waals surface area contributed by atoms with Gasteiger partial charge in [-0.2, -0.15) is 5.26 Å². The number of benzene rings is 2. The van der Waals surface area contributed by atoms with Crippen molar-refractivity contribution in [2.75, 3.05) is 17.7 Å². The molecule has 122 valence electrons.